The number of rotatable bonds is 7. The molecule has 12 heteroatoms. The first-order chi connectivity index (χ1) is 19.9. The second-order valence-corrected chi connectivity index (χ2v) is 10.0. The molecule has 1 N–H and O–H groups in total. The third kappa shape index (κ3) is 4.93. The number of hydrogen-bond donors (Lipinski definition) is 1. The van der Waals surface area contributed by atoms with Gasteiger partial charge in [-0.2, -0.15) is 9.78 Å². The van der Waals surface area contributed by atoms with Gasteiger partial charge < -0.3 is 19.1 Å². The summed E-state index contributed by atoms with van der Waals surface area (Å²) in [4.78, 5) is 16.9. The van der Waals surface area contributed by atoms with E-state index in [1.807, 2.05) is 56.4 Å². The van der Waals surface area contributed by atoms with Crippen LogP contribution in [0.5, 0.6) is 17.2 Å². The molecule has 0 radical (unpaired) electrons. The molecule has 0 unspecified atom stereocenters. The summed E-state index contributed by atoms with van der Waals surface area (Å²) in [7, 11) is 7.62. The van der Waals surface area contributed by atoms with Gasteiger partial charge in [-0.1, -0.05) is 12.1 Å². The zero-order valence-electron chi connectivity index (χ0n) is 23.2. The number of anilines is 1. The fourth-order valence-electron chi connectivity index (χ4n) is 5.15. The molecule has 0 aliphatic carbocycles. The molecular weight excluding hydrogens is 524 g/mol. The molecule has 0 fully saturated rings. The number of carbonyl (C=O) groups excluding carboxylic acids is 1. The van der Waals surface area contributed by atoms with Crippen molar-refractivity contribution in [2.75, 3.05) is 46.5 Å². The van der Waals surface area contributed by atoms with Gasteiger partial charge in [-0.3, -0.25) is 9.69 Å². The van der Waals surface area contributed by atoms with E-state index in [0.29, 0.717) is 34.3 Å². The third-order valence-corrected chi connectivity index (χ3v) is 7.30. The van der Waals surface area contributed by atoms with Crippen LogP contribution in [-0.4, -0.2) is 78.8 Å². The lowest BCUT2D eigenvalue weighted by atomic mass is 9.90. The van der Waals surface area contributed by atoms with E-state index < -0.39 is 0 Å². The molecule has 0 saturated heterocycles. The normalized spacial score (nSPS) is 16.0. The molecule has 12 nitrogen and oxygen atoms in total. The zero-order chi connectivity index (χ0) is 28.5. The van der Waals surface area contributed by atoms with Gasteiger partial charge in [-0.05, 0) is 77.5 Å². The topological polar surface area (TPSA) is 119 Å². The highest BCUT2D eigenvalue weighted by atomic mass is 16.7. The number of ether oxygens (including phenoxy) is 3. The first-order valence-electron chi connectivity index (χ1n) is 13.1. The average molecular weight is 555 g/mol. The number of amides is 1. The van der Waals surface area contributed by atoms with E-state index in [2.05, 4.69) is 31.0 Å². The van der Waals surface area contributed by atoms with Crippen LogP contribution in [0.2, 0.25) is 0 Å². The summed E-state index contributed by atoms with van der Waals surface area (Å²) in [6.07, 6.45) is 2.43. The van der Waals surface area contributed by atoms with Crippen molar-refractivity contribution in [2.24, 2.45) is 5.10 Å². The lowest BCUT2D eigenvalue weighted by molar-refractivity contribution is 0.0955. The summed E-state index contributed by atoms with van der Waals surface area (Å²) in [5.74, 6) is 2.20. The third-order valence-electron chi connectivity index (χ3n) is 7.30. The highest BCUT2D eigenvalue weighted by Crippen LogP contribution is 2.50. The lowest BCUT2D eigenvalue weighted by Crippen LogP contribution is -2.35. The monoisotopic (exact) mass is 554 g/mol. The van der Waals surface area contributed by atoms with Gasteiger partial charge in [0, 0.05) is 37.5 Å². The molecular formula is C29H30N8O4. The van der Waals surface area contributed by atoms with Gasteiger partial charge in [0.1, 0.15) is 6.04 Å². The number of carbonyl (C=O) groups is 1. The van der Waals surface area contributed by atoms with Gasteiger partial charge >= 0.3 is 0 Å². The molecule has 1 atom stereocenters. The van der Waals surface area contributed by atoms with E-state index in [-0.39, 0.29) is 18.7 Å². The minimum absolute atomic E-state index is 0.155. The maximum absolute atomic E-state index is 12.7. The molecule has 2 aliphatic rings. The fourth-order valence-corrected chi connectivity index (χ4v) is 5.15. The van der Waals surface area contributed by atoms with Crippen molar-refractivity contribution < 1.29 is 19.0 Å². The van der Waals surface area contributed by atoms with Gasteiger partial charge in [-0.15, -0.1) is 5.10 Å². The zero-order valence-corrected chi connectivity index (χ0v) is 23.2. The lowest BCUT2D eigenvalue weighted by Gasteiger charge is -2.34. The Bertz CT molecular complexity index is 1600. The molecule has 0 spiro atoms. The Morgan fingerprint density at radius 2 is 1.93 bits per heavy atom. The molecule has 3 aromatic carbocycles. The number of hydrogen-bond acceptors (Lipinski definition) is 10. The molecule has 6 rings (SSSR count). The summed E-state index contributed by atoms with van der Waals surface area (Å²) in [6.45, 7) is 0.953. The van der Waals surface area contributed by atoms with Crippen LogP contribution in [0.1, 0.15) is 38.9 Å². The average Bonchev–Trinajstić information content (AvgIpc) is 3.66. The first-order valence-corrected chi connectivity index (χ1v) is 13.1. The number of nitrogens with zero attached hydrogens (tertiary/aromatic N) is 7. The van der Waals surface area contributed by atoms with Crippen LogP contribution in [0, 0.1) is 0 Å². The van der Waals surface area contributed by atoms with Crippen LogP contribution in [0.15, 0.2) is 59.7 Å². The van der Waals surface area contributed by atoms with E-state index >= 15 is 0 Å². The van der Waals surface area contributed by atoms with Crippen LogP contribution in [0.3, 0.4) is 0 Å². The molecule has 3 heterocycles. The first kappa shape index (κ1) is 26.3. The van der Waals surface area contributed by atoms with E-state index in [0.717, 1.165) is 35.3 Å². The summed E-state index contributed by atoms with van der Waals surface area (Å²) in [5, 5.41) is 16.8. The number of likely N-dealkylation sites (N-methyl/N-ethyl adjacent to an activating group) is 1. The summed E-state index contributed by atoms with van der Waals surface area (Å²) >= 11 is 0. The van der Waals surface area contributed by atoms with Crippen LogP contribution < -0.4 is 24.5 Å². The number of tetrazole rings is 1. The molecule has 41 heavy (non-hydrogen) atoms. The van der Waals surface area contributed by atoms with Crippen molar-refractivity contribution in [3.8, 4) is 22.9 Å². The van der Waals surface area contributed by atoms with Crippen LogP contribution >= 0.6 is 0 Å². The smallest absolute Gasteiger partial charge is 0.271 e. The van der Waals surface area contributed by atoms with Gasteiger partial charge in [0.2, 0.25) is 12.5 Å². The van der Waals surface area contributed by atoms with Crippen molar-refractivity contribution >= 4 is 17.8 Å². The Hall–Kier alpha value is -4.97. The van der Waals surface area contributed by atoms with Crippen LogP contribution in [-0.2, 0) is 6.42 Å². The molecule has 0 bridgehead atoms. The van der Waals surface area contributed by atoms with Crippen molar-refractivity contribution in [3.63, 3.8) is 0 Å². The second kappa shape index (κ2) is 10.9. The van der Waals surface area contributed by atoms with Crippen molar-refractivity contribution in [2.45, 2.75) is 12.5 Å². The van der Waals surface area contributed by atoms with Crippen LogP contribution in [0.25, 0.3) is 5.69 Å². The number of aromatic nitrogens is 4. The Labute approximate surface area is 237 Å². The minimum Gasteiger partial charge on any atom is -0.492 e. The van der Waals surface area contributed by atoms with E-state index in [9.17, 15) is 4.79 Å². The molecule has 1 aromatic heterocycles. The highest BCUT2D eigenvalue weighted by molar-refractivity contribution is 5.95. The number of nitrogens with one attached hydrogen (secondary N) is 1. The second-order valence-electron chi connectivity index (χ2n) is 10.0. The van der Waals surface area contributed by atoms with Gasteiger partial charge in [0.05, 0.1) is 19.0 Å². The number of benzene rings is 3. The maximum Gasteiger partial charge on any atom is 0.271 e. The van der Waals surface area contributed by atoms with Gasteiger partial charge in [0.15, 0.2) is 17.3 Å². The molecule has 210 valence electrons. The Kier molecular flexibility index (Phi) is 6.98. The maximum atomic E-state index is 12.7. The minimum atomic E-state index is -0.323. The van der Waals surface area contributed by atoms with Gasteiger partial charge in [-0.25, -0.2) is 5.43 Å². The molecule has 4 aromatic rings. The van der Waals surface area contributed by atoms with Crippen molar-refractivity contribution in [1.29, 1.82) is 0 Å². The number of hydrazone groups is 1. The standard InChI is InChI=1S/C29H30N8O4/c1-35(2)21-9-5-18(6-10-21)16-30-32-29(38)19-7-11-22(12-8-19)37-28(31-33-34-37)25-24-20(13-14-36(25)3)15-23-26(27(24)39-4)41-17-40-23/h5-12,15-16,25H,13-14,17H2,1-4H3,(H,32,38)/b30-16-/t25-/m1/s1. The Morgan fingerprint density at radius 1 is 1.15 bits per heavy atom. The molecule has 2 aliphatic heterocycles. The number of methoxy groups -OCH3 is 1. The largest absolute Gasteiger partial charge is 0.492 e. The summed E-state index contributed by atoms with van der Waals surface area (Å²) < 4.78 is 18.9. The highest BCUT2D eigenvalue weighted by Gasteiger charge is 2.37. The van der Waals surface area contributed by atoms with Crippen molar-refractivity contribution in [1.82, 2.24) is 30.5 Å². The van der Waals surface area contributed by atoms with E-state index in [1.165, 1.54) is 0 Å². The van der Waals surface area contributed by atoms with E-state index in [4.69, 9.17) is 14.2 Å². The predicted molar refractivity (Wildman–Crippen MR) is 152 cm³/mol. The van der Waals surface area contributed by atoms with Gasteiger partial charge in [0.25, 0.3) is 5.91 Å². The summed E-state index contributed by atoms with van der Waals surface area (Å²) in [5.41, 5.74) is 7.77. The molecule has 0 saturated carbocycles. The molecule has 1 amide bonds. The van der Waals surface area contributed by atoms with Crippen LogP contribution in [0.4, 0.5) is 5.69 Å². The predicted octanol–water partition coefficient (Wildman–Crippen LogP) is 2.81. The Balaban J connectivity index is 1.23. The van der Waals surface area contributed by atoms with Crippen molar-refractivity contribution in [3.05, 3.63) is 82.7 Å². The number of fused-ring (bicyclic) bond motifs is 2. The Morgan fingerprint density at radius 3 is 2.66 bits per heavy atom. The summed E-state index contributed by atoms with van der Waals surface area (Å²) in [6, 6.07) is 16.6. The quantitative estimate of drug-likeness (QED) is 0.272. The van der Waals surface area contributed by atoms with E-state index in [1.54, 1.807) is 42.3 Å². The SMILES string of the molecule is COc1c2c(cc3c1[C@H](c1nnnn1-c1ccc(C(=O)N/N=C\c4ccc(N(C)C)cc4)cc1)N(C)CC3)OCO2. The fraction of sp³-hybridized carbons (Fsp3) is 0.276.